The number of aliphatic hydroxyl groups is 1. The second kappa shape index (κ2) is 14.6. The maximum absolute atomic E-state index is 14.3. The summed E-state index contributed by atoms with van der Waals surface area (Å²) in [5.41, 5.74) is 4.48. The van der Waals surface area contributed by atoms with E-state index in [2.05, 4.69) is 10.9 Å². The van der Waals surface area contributed by atoms with Gasteiger partial charge in [-0.1, -0.05) is 48.5 Å². The maximum Gasteiger partial charge on any atom is 0.266 e. The fourth-order valence-electron chi connectivity index (χ4n) is 5.04. The van der Waals surface area contributed by atoms with Gasteiger partial charge in [-0.3, -0.25) is 10.2 Å². The molecule has 1 aliphatic rings. The van der Waals surface area contributed by atoms with Gasteiger partial charge in [0.25, 0.3) is 5.91 Å². The molecule has 0 unspecified atom stereocenters. The van der Waals surface area contributed by atoms with Gasteiger partial charge in [0.1, 0.15) is 17.4 Å². The van der Waals surface area contributed by atoms with E-state index >= 15 is 0 Å². The lowest BCUT2D eigenvalue weighted by atomic mass is 9.85. The fourth-order valence-corrected chi connectivity index (χ4v) is 6.43. The number of aliphatic hydroxyl groups excluding tert-OH is 1. The van der Waals surface area contributed by atoms with Crippen LogP contribution in [0.5, 0.6) is 5.75 Å². The van der Waals surface area contributed by atoms with Gasteiger partial charge in [0.05, 0.1) is 17.3 Å². The highest BCUT2D eigenvalue weighted by molar-refractivity contribution is 7.91. The number of sulfone groups is 1. The van der Waals surface area contributed by atoms with E-state index in [1.54, 1.807) is 72.8 Å². The summed E-state index contributed by atoms with van der Waals surface area (Å²) in [6.07, 6.45) is -0.833. The highest BCUT2D eigenvalue weighted by Crippen LogP contribution is 2.43. The monoisotopic (exact) mass is 649 g/mol. The van der Waals surface area contributed by atoms with Crippen LogP contribution in [-0.4, -0.2) is 49.8 Å². The van der Waals surface area contributed by atoms with Gasteiger partial charge in [-0.05, 0) is 60.2 Å². The van der Waals surface area contributed by atoms with E-state index in [9.17, 15) is 22.0 Å². The molecule has 12 heteroatoms. The number of hydrogen-bond acceptors (Lipinski definition) is 8. The van der Waals surface area contributed by atoms with Gasteiger partial charge in [0.2, 0.25) is 5.90 Å². The van der Waals surface area contributed by atoms with Gasteiger partial charge >= 0.3 is 0 Å². The summed E-state index contributed by atoms with van der Waals surface area (Å²) in [5.74, 6) is -1.80. The highest BCUT2D eigenvalue weighted by atomic mass is 32.2. The first-order valence-electron chi connectivity index (χ1n) is 14.6. The summed E-state index contributed by atoms with van der Waals surface area (Å²) in [6, 6.07) is 26.5. The van der Waals surface area contributed by atoms with Crippen molar-refractivity contribution < 1.29 is 36.6 Å². The molecule has 1 heterocycles. The van der Waals surface area contributed by atoms with Crippen LogP contribution >= 0.6 is 0 Å². The zero-order valence-corrected chi connectivity index (χ0v) is 25.6. The molecule has 0 saturated carbocycles. The van der Waals surface area contributed by atoms with E-state index in [4.69, 9.17) is 19.6 Å². The van der Waals surface area contributed by atoms with Crippen LogP contribution in [0.2, 0.25) is 0 Å². The van der Waals surface area contributed by atoms with E-state index in [1.807, 2.05) is 0 Å². The maximum atomic E-state index is 14.3. The van der Waals surface area contributed by atoms with Crippen LogP contribution in [0.25, 0.3) is 0 Å². The number of aliphatic imine (C=N–C) groups is 1. The summed E-state index contributed by atoms with van der Waals surface area (Å²) in [5, 5.41) is 9.02. The van der Waals surface area contributed by atoms with Crippen LogP contribution in [0.15, 0.2) is 113 Å². The Morgan fingerprint density at radius 3 is 2.35 bits per heavy atom. The lowest BCUT2D eigenvalue weighted by Gasteiger charge is -2.30. The van der Waals surface area contributed by atoms with Crippen LogP contribution in [0.4, 0.5) is 8.78 Å². The Hall–Kier alpha value is -4.65. The van der Waals surface area contributed by atoms with Gasteiger partial charge in [-0.2, -0.15) is 0 Å². The molecule has 240 valence electrons. The molecule has 5 rings (SSSR count). The molecule has 0 aliphatic carbocycles. The van der Waals surface area contributed by atoms with Crippen molar-refractivity contribution in [2.45, 2.75) is 35.9 Å². The van der Waals surface area contributed by atoms with E-state index in [0.717, 1.165) is 18.2 Å². The molecule has 3 N–H and O–H groups in total. The third-order valence-electron chi connectivity index (χ3n) is 7.48. The molecule has 0 aromatic heterocycles. The molecule has 4 aromatic carbocycles. The van der Waals surface area contributed by atoms with E-state index in [0.29, 0.717) is 29.9 Å². The van der Waals surface area contributed by atoms with Gasteiger partial charge in [-0.25, -0.2) is 27.6 Å². The van der Waals surface area contributed by atoms with Gasteiger partial charge < -0.3 is 14.6 Å². The number of amides is 1. The predicted molar refractivity (Wildman–Crippen MR) is 168 cm³/mol. The van der Waals surface area contributed by atoms with E-state index in [-0.39, 0.29) is 35.9 Å². The number of nitrogens with one attached hydrogen (secondary N) is 2. The van der Waals surface area contributed by atoms with Gasteiger partial charge in [0.15, 0.2) is 21.5 Å². The van der Waals surface area contributed by atoms with Crippen molar-refractivity contribution >= 4 is 21.6 Å². The zero-order valence-electron chi connectivity index (χ0n) is 24.7. The standard InChI is InChI=1S/C34H33F2N3O6S/c35-27-14-17-30(36)26(22-27)23-37-39-33(41)34(18-21-46(42,43)29-10-5-2-6-11-29)31(24-8-3-1-4-9-24)45-32(38-34)25-12-15-28(16-13-25)44-20-7-19-40/h1-6,8-17,22,31,37,40H,7,18-21,23H2,(H,39,41)/t31-,34-/m0/s1. The SMILES string of the molecule is O=C(NNCc1cc(F)ccc1F)[C@@]1(CCS(=O)(=O)c2ccccc2)N=C(c2ccc(OCCCO)cc2)O[C@H]1c1ccccc1. The number of ether oxygens (including phenoxy) is 2. The number of hydrazine groups is 1. The van der Waals surface area contributed by atoms with Crippen molar-refractivity contribution in [3.63, 3.8) is 0 Å². The van der Waals surface area contributed by atoms with Crippen LogP contribution in [0, 0.1) is 11.6 Å². The summed E-state index contributed by atoms with van der Waals surface area (Å²) in [7, 11) is -3.85. The molecule has 0 spiro atoms. The van der Waals surface area contributed by atoms with Crippen molar-refractivity contribution in [3.05, 3.63) is 131 Å². The predicted octanol–water partition coefficient (Wildman–Crippen LogP) is 4.67. The fraction of sp³-hybridized carbons (Fsp3) is 0.235. The molecule has 0 bridgehead atoms. The smallest absolute Gasteiger partial charge is 0.266 e. The number of halogens is 2. The van der Waals surface area contributed by atoms with Crippen LogP contribution < -0.4 is 15.6 Å². The minimum absolute atomic E-state index is 0.000222. The van der Waals surface area contributed by atoms with Crippen molar-refractivity contribution in [1.82, 2.24) is 10.9 Å². The number of benzene rings is 4. The molecule has 0 saturated heterocycles. The van der Waals surface area contributed by atoms with E-state index < -0.39 is 44.8 Å². The molecule has 1 amide bonds. The van der Waals surface area contributed by atoms with Crippen LogP contribution in [0.1, 0.15) is 35.6 Å². The second-order valence-electron chi connectivity index (χ2n) is 10.6. The largest absolute Gasteiger partial charge is 0.494 e. The molecule has 4 aromatic rings. The Balaban J connectivity index is 1.50. The molecule has 1 aliphatic heterocycles. The number of carbonyl (C=O) groups excluding carboxylic acids is 1. The quantitative estimate of drug-likeness (QED) is 0.134. The average Bonchev–Trinajstić information content (AvgIpc) is 3.48. The zero-order chi connectivity index (χ0) is 32.6. The first-order valence-corrected chi connectivity index (χ1v) is 16.3. The van der Waals surface area contributed by atoms with Gasteiger partial charge in [-0.15, -0.1) is 0 Å². The number of hydrogen-bond donors (Lipinski definition) is 3. The summed E-state index contributed by atoms with van der Waals surface area (Å²) in [6.45, 7) is 0.0771. The summed E-state index contributed by atoms with van der Waals surface area (Å²) < 4.78 is 66.8. The Morgan fingerprint density at radius 2 is 1.65 bits per heavy atom. The Labute approximate surface area is 265 Å². The van der Waals surface area contributed by atoms with Crippen molar-refractivity contribution in [2.75, 3.05) is 19.0 Å². The average molecular weight is 650 g/mol. The van der Waals surface area contributed by atoms with Gasteiger partial charge in [0, 0.05) is 37.1 Å². The Kier molecular flexibility index (Phi) is 10.4. The van der Waals surface area contributed by atoms with Crippen LogP contribution in [0.3, 0.4) is 0 Å². The minimum Gasteiger partial charge on any atom is -0.494 e. The number of rotatable bonds is 14. The molecule has 9 nitrogen and oxygen atoms in total. The van der Waals surface area contributed by atoms with Crippen LogP contribution in [-0.2, 0) is 25.9 Å². The molecular formula is C34H33F2N3O6S. The third kappa shape index (κ3) is 7.58. The molecule has 46 heavy (non-hydrogen) atoms. The number of carbonyl (C=O) groups is 1. The summed E-state index contributed by atoms with van der Waals surface area (Å²) >= 11 is 0. The van der Waals surface area contributed by atoms with Crippen molar-refractivity contribution in [3.8, 4) is 5.75 Å². The second-order valence-corrected chi connectivity index (χ2v) is 12.7. The van der Waals surface area contributed by atoms with Crippen molar-refractivity contribution in [2.24, 2.45) is 4.99 Å². The first kappa shape index (κ1) is 32.7. The minimum atomic E-state index is -3.85. The van der Waals surface area contributed by atoms with E-state index in [1.165, 1.54) is 12.1 Å². The molecule has 0 radical (unpaired) electrons. The molecule has 0 fully saturated rings. The lowest BCUT2D eigenvalue weighted by molar-refractivity contribution is -0.130. The first-order chi connectivity index (χ1) is 22.2. The third-order valence-corrected chi connectivity index (χ3v) is 9.21. The highest BCUT2D eigenvalue weighted by Gasteiger charge is 2.53. The number of nitrogens with zero attached hydrogens (tertiary/aromatic N) is 1. The summed E-state index contributed by atoms with van der Waals surface area (Å²) in [4.78, 5) is 19.0. The normalized spacial score (nSPS) is 17.6. The molecular weight excluding hydrogens is 616 g/mol. The molecule has 2 atom stereocenters. The Bertz CT molecular complexity index is 1770. The van der Waals surface area contributed by atoms with Crippen molar-refractivity contribution in [1.29, 1.82) is 0 Å². The lowest BCUT2D eigenvalue weighted by Crippen LogP contribution is -2.53. The Morgan fingerprint density at radius 1 is 0.957 bits per heavy atom. The topological polar surface area (TPSA) is 126 Å².